The molecule has 2 aromatic heterocycles. The third kappa shape index (κ3) is 6.09. The number of amides is 2. The first-order valence-corrected chi connectivity index (χ1v) is 11.8. The van der Waals surface area contributed by atoms with E-state index < -0.39 is 6.09 Å². The van der Waals surface area contributed by atoms with Crippen LogP contribution in [0.15, 0.2) is 36.4 Å². The van der Waals surface area contributed by atoms with Crippen molar-refractivity contribution in [1.82, 2.24) is 24.8 Å². The summed E-state index contributed by atoms with van der Waals surface area (Å²) in [6.45, 7) is 2.51. The van der Waals surface area contributed by atoms with Crippen molar-refractivity contribution in [3.63, 3.8) is 0 Å². The highest BCUT2D eigenvalue weighted by atomic mass is 16.5. The molecule has 2 amide bonds. The van der Waals surface area contributed by atoms with Gasteiger partial charge in [-0.1, -0.05) is 12.1 Å². The number of ether oxygens (including phenoxy) is 2. The number of nitrogens with zero attached hydrogens (tertiary/aromatic N) is 5. The molecule has 1 aliphatic carbocycles. The Morgan fingerprint density at radius 2 is 1.92 bits per heavy atom. The van der Waals surface area contributed by atoms with Crippen molar-refractivity contribution in [1.29, 1.82) is 5.26 Å². The largest absolute Gasteiger partial charge is 0.493 e. The molecule has 2 aliphatic rings. The van der Waals surface area contributed by atoms with E-state index in [2.05, 4.69) is 21.5 Å². The Bertz CT molecular complexity index is 1260. The van der Waals surface area contributed by atoms with Crippen LogP contribution in [0.3, 0.4) is 0 Å². The minimum absolute atomic E-state index is 0.0259. The van der Waals surface area contributed by atoms with Crippen molar-refractivity contribution >= 4 is 17.6 Å². The molecule has 5 rings (SSSR count). The molecule has 0 spiro atoms. The van der Waals surface area contributed by atoms with Crippen LogP contribution in [0.25, 0.3) is 16.9 Å². The molecule has 1 aliphatic heterocycles. The molecule has 1 saturated heterocycles. The van der Waals surface area contributed by atoms with Gasteiger partial charge in [-0.15, -0.1) is 0 Å². The van der Waals surface area contributed by atoms with Gasteiger partial charge in [-0.3, -0.25) is 4.79 Å². The first kappa shape index (κ1) is 24.9. The number of benzene rings is 1. The molecule has 1 saturated carbocycles. The van der Waals surface area contributed by atoms with Crippen molar-refractivity contribution < 1.29 is 24.2 Å². The predicted octanol–water partition coefficient (Wildman–Crippen LogP) is 2.66. The molecule has 2 fully saturated rings. The molecule has 188 valence electrons. The SMILES string of the molecule is COc1ccc(-c2ccc(C#N)cc2)n2nc(C3CC3)nc12.O=C(O)NCCC(=O)N1CCOCC1. The summed E-state index contributed by atoms with van der Waals surface area (Å²) in [6, 6.07) is 13.5. The lowest BCUT2D eigenvalue weighted by Crippen LogP contribution is -2.41. The lowest BCUT2D eigenvalue weighted by atomic mass is 10.1. The Labute approximate surface area is 208 Å². The molecule has 2 N–H and O–H groups in total. The van der Waals surface area contributed by atoms with Gasteiger partial charge < -0.3 is 24.8 Å². The van der Waals surface area contributed by atoms with Crippen molar-refractivity contribution in [2.24, 2.45) is 0 Å². The Kier molecular flexibility index (Phi) is 7.97. The van der Waals surface area contributed by atoms with E-state index in [9.17, 15) is 9.59 Å². The lowest BCUT2D eigenvalue weighted by Gasteiger charge is -2.26. The maximum Gasteiger partial charge on any atom is 0.404 e. The van der Waals surface area contributed by atoms with Gasteiger partial charge in [0.1, 0.15) is 0 Å². The second-order valence-electron chi connectivity index (χ2n) is 8.43. The second-order valence-corrected chi connectivity index (χ2v) is 8.43. The maximum absolute atomic E-state index is 11.4. The molecule has 1 aromatic carbocycles. The molecular formula is C25H28N6O5. The number of pyridine rings is 1. The van der Waals surface area contributed by atoms with Crippen LogP contribution in [0.2, 0.25) is 0 Å². The normalized spacial score (nSPS) is 14.9. The predicted molar refractivity (Wildman–Crippen MR) is 130 cm³/mol. The molecule has 0 bridgehead atoms. The van der Waals surface area contributed by atoms with Gasteiger partial charge in [-0.25, -0.2) is 14.3 Å². The van der Waals surface area contributed by atoms with Crippen LogP contribution in [0.4, 0.5) is 4.79 Å². The van der Waals surface area contributed by atoms with Crippen LogP contribution in [-0.4, -0.2) is 76.6 Å². The smallest absolute Gasteiger partial charge is 0.404 e. The minimum atomic E-state index is -1.10. The summed E-state index contributed by atoms with van der Waals surface area (Å²) >= 11 is 0. The van der Waals surface area contributed by atoms with Crippen LogP contribution in [0, 0.1) is 11.3 Å². The van der Waals surface area contributed by atoms with Crippen LogP contribution in [-0.2, 0) is 9.53 Å². The molecule has 0 radical (unpaired) electrons. The monoisotopic (exact) mass is 492 g/mol. The van der Waals surface area contributed by atoms with E-state index in [1.54, 1.807) is 12.0 Å². The van der Waals surface area contributed by atoms with Gasteiger partial charge in [0, 0.05) is 37.5 Å². The number of nitriles is 1. The van der Waals surface area contributed by atoms with E-state index in [1.165, 1.54) is 0 Å². The lowest BCUT2D eigenvalue weighted by molar-refractivity contribution is -0.135. The number of carbonyl (C=O) groups is 2. The summed E-state index contributed by atoms with van der Waals surface area (Å²) in [7, 11) is 1.64. The number of fused-ring (bicyclic) bond motifs is 1. The summed E-state index contributed by atoms with van der Waals surface area (Å²) in [5.41, 5.74) is 3.33. The van der Waals surface area contributed by atoms with Gasteiger partial charge in [-0.05, 0) is 37.1 Å². The average molecular weight is 493 g/mol. The van der Waals surface area contributed by atoms with E-state index in [0.29, 0.717) is 37.8 Å². The summed E-state index contributed by atoms with van der Waals surface area (Å²) in [4.78, 5) is 27.8. The fourth-order valence-electron chi connectivity index (χ4n) is 3.81. The highest BCUT2D eigenvalue weighted by Crippen LogP contribution is 2.39. The number of aromatic nitrogens is 3. The topological polar surface area (TPSA) is 142 Å². The summed E-state index contributed by atoms with van der Waals surface area (Å²) in [5, 5.41) is 24.0. The van der Waals surface area contributed by atoms with Gasteiger partial charge in [0.05, 0.1) is 37.7 Å². The molecule has 3 aromatic rings. The quantitative estimate of drug-likeness (QED) is 0.535. The van der Waals surface area contributed by atoms with Crippen molar-refractivity contribution in [3.8, 4) is 23.1 Å². The Hall–Kier alpha value is -4.17. The van der Waals surface area contributed by atoms with E-state index in [4.69, 9.17) is 19.8 Å². The fourth-order valence-corrected chi connectivity index (χ4v) is 3.81. The number of hydrogen-bond donors (Lipinski definition) is 2. The number of rotatable bonds is 6. The van der Waals surface area contributed by atoms with Crippen molar-refractivity contribution in [2.45, 2.75) is 25.2 Å². The van der Waals surface area contributed by atoms with Crippen LogP contribution >= 0.6 is 0 Å². The van der Waals surface area contributed by atoms with E-state index in [1.807, 2.05) is 40.9 Å². The first-order valence-electron chi connectivity index (χ1n) is 11.8. The minimum Gasteiger partial charge on any atom is -0.493 e. The molecule has 11 heteroatoms. The van der Waals surface area contributed by atoms with Crippen LogP contribution < -0.4 is 10.1 Å². The maximum atomic E-state index is 11.4. The average Bonchev–Trinajstić information content (AvgIpc) is 3.67. The molecule has 0 atom stereocenters. The highest BCUT2D eigenvalue weighted by molar-refractivity contribution is 5.77. The van der Waals surface area contributed by atoms with E-state index in [0.717, 1.165) is 41.3 Å². The van der Waals surface area contributed by atoms with Crippen molar-refractivity contribution in [3.05, 3.63) is 47.8 Å². The van der Waals surface area contributed by atoms with Gasteiger partial charge >= 0.3 is 6.09 Å². The summed E-state index contributed by atoms with van der Waals surface area (Å²) < 4.78 is 12.3. The number of morpholine rings is 1. The number of carboxylic acid groups (broad SMARTS) is 1. The van der Waals surface area contributed by atoms with Gasteiger partial charge in [0.15, 0.2) is 17.2 Å². The van der Waals surface area contributed by atoms with E-state index >= 15 is 0 Å². The van der Waals surface area contributed by atoms with Crippen LogP contribution in [0.1, 0.15) is 36.6 Å². The molecule has 0 unspecified atom stereocenters. The molecule has 36 heavy (non-hydrogen) atoms. The highest BCUT2D eigenvalue weighted by Gasteiger charge is 2.29. The summed E-state index contributed by atoms with van der Waals surface area (Å²) in [5.74, 6) is 2.07. The molecule has 3 heterocycles. The summed E-state index contributed by atoms with van der Waals surface area (Å²) in [6.07, 6.45) is 1.43. The molecular weight excluding hydrogens is 464 g/mol. The fraction of sp³-hybridized carbons (Fsp3) is 0.400. The number of carbonyl (C=O) groups excluding carboxylic acids is 1. The zero-order valence-corrected chi connectivity index (χ0v) is 20.0. The first-order chi connectivity index (χ1) is 17.5. The number of methoxy groups -OCH3 is 1. The zero-order chi connectivity index (χ0) is 25.5. The number of hydrogen-bond acceptors (Lipinski definition) is 7. The van der Waals surface area contributed by atoms with E-state index in [-0.39, 0.29) is 18.9 Å². The Morgan fingerprint density at radius 3 is 2.53 bits per heavy atom. The van der Waals surface area contributed by atoms with Gasteiger partial charge in [-0.2, -0.15) is 10.4 Å². The second kappa shape index (κ2) is 11.5. The molecule has 11 nitrogen and oxygen atoms in total. The third-order valence-electron chi connectivity index (χ3n) is 5.92. The Balaban J connectivity index is 0.000000189. The van der Waals surface area contributed by atoms with Crippen LogP contribution in [0.5, 0.6) is 5.75 Å². The standard InChI is InChI=1S/C17H14N4O.C8H14N2O4/c1-22-15-9-8-14(12-4-2-11(10-18)3-5-12)21-17(15)19-16(20-21)13-6-7-13;11-7(1-2-9-8(12)13)10-3-5-14-6-4-10/h2-5,8-9,13H,6-7H2,1H3;9H,1-6H2,(H,12,13). The van der Waals surface area contributed by atoms with Crippen molar-refractivity contribution in [2.75, 3.05) is 40.0 Å². The van der Waals surface area contributed by atoms with Gasteiger partial charge in [0.25, 0.3) is 0 Å². The zero-order valence-electron chi connectivity index (χ0n) is 20.0. The third-order valence-corrected chi connectivity index (χ3v) is 5.92. The number of nitrogens with one attached hydrogen (secondary N) is 1. The Morgan fingerprint density at radius 1 is 1.19 bits per heavy atom. The van der Waals surface area contributed by atoms with Gasteiger partial charge in [0.2, 0.25) is 5.91 Å².